The number of carbonyl (C=O) groups excluding carboxylic acids is 1. The second-order valence-corrected chi connectivity index (χ2v) is 6.34. The van der Waals surface area contributed by atoms with Gasteiger partial charge in [0.25, 0.3) is 5.91 Å². The number of amides is 1. The summed E-state index contributed by atoms with van der Waals surface area (Å²) in [7, 11) is 3.80. The van der Waals surface area contributed by atoms with Gasteiger partial charge in [-0.15, -0.1) is 0 Å². The lowest BCUT2D eigenvalue weighted by Crippen LogP contribution is -2.16. The van der Waals surface area contributed by atoms with E-state index in [-0.39, 0.29) is 5.91 Å². The van der Waals surface area contributed by atoms with Crippen LogP contribution in [0.4, 0.5) is 11.4 Å². The Balaban J connectivity index is 2.30. The monoisotopic (exact) mass is 386 g/mol. The fourth-order valence-corrected chi connectivity index (χ4v) is 2.50. The van der Waals surface area contributed by atoms with Crippen molar-refractivity contribution in [2.75, 3.05) is 24.3 Å². The normalized spacial score (nSPS) is 10.3. The maximum Gasteiger partial charge on any atom is 0.255 e. The van der Waals surface area contributed by atoms with Gasteiger partial charge in [-0.3, -0.25) is 4.79 Å². The van der Waals surface area contributed by atoms with Crippen LogP contribution < -0.4 is 10.2 Å². The maximum atomic E-state index is 12.3. The molecule has 0 radical (unpaired) electrons. The van der Waals surface area contributed by atoms with Crippen molar-refractivity contribution in [1.29, 1.82) is 0 Å². The fraction of sp³-hybridized carbons (Fsp3) is 0.133. The predicted octanol–water partition coefficient (Wildman–Crippen LogP) is 5.07. The number of carbonyl (C=O) groups is 1. The Kier molecular flexibility index (Phi) is 5.14. The third kappa shape index (κ3) is 3.90. The second kappa shape index (κ2) is 6.69. The van der Waals surface area contributed by atoms with Crippen LogP contribution >= 0.6 is 39.1 Å². The standard InChI is InChI=1S/C15H13BrCl2N2O/c1-20(2)14-6-4-10(17)8-13(14)19-15(21)9-3-5-12(18)11(16)7-9/h3-8H,1-2H3,(H,19,21). The van der Waals surface area contributed by atoms with Gasteiger partial charge in [0.15, 0.2) is 0 Å². The quantitative estimate of drug-likeness (QED) is 0.796. The second-order valence-electron chi connectivity index (χ2n) is 4.64. The van der Waals surface area contributed by atoms with E-state index < -0.39 is 0 Å². The summed E-state index contributed by atoms with van der Waals surface area (Å²) >= 11 is 15.2. The van der Waals surface area contributed by atoms with Crippen molar-refractivity contribution in [3.05, 3.63) is 56.5 Å². The highest BCUT2D eigenvalue weighted by atomic mass is 79.9. The van der Waals surface area contributed by atoms with Crippen LogP contribution in [0.25, 0.3) is 0 Å². The summed E-state index contributed by atoms with van der Waals surface area (Å²) < 4.78 is 0.677. The molecular formula is C15H13BrCl2N2O. The molecule has 0 saturated heterocycles. The van der Waals surface area contributed by atoms with E-state index in [0.717, 1.165) is 5.69 Å². The summed E-state index contributed by atoms with van der Waals surface area (Å²) in [5.74, 6) is -0.224. The molecule has 0 atom stereocenters. The van der Waals surface area contributed by atoms with Gasteiger partial charge in [0.2, 0.25) is 0 Å². The van der Waals surface area contributed by atoms with Crippen molar-refractivity contribution in [2.24, 2.45) is 0 Å². The molecule has 3 nitrogen and oxygen atoms in total. The molecule has 1 amide bonds. The highest BCUT2D eigenvalue weighted by molar-refractivity contribution is 9.10. The predicted molar refractivity (Wildman–Crippen MR) is 92.9 cm³/mol. The van der Waals surface area contributed by atoms with Crippen molar-refractivity contribution in [1.82, 2.24) is 0 Å². The summed E-state index contributed by atoms with van der Waals surface area (Å²) in [5, 5.41) is 3.99. The minimum atomic E-state index is -0.224. The summed E-state index contributed by atoms with van der Waals surface area (Å²) in [6.07, 6.45) is 0. The van der Waals surface area contributed by atoms with Gasteiger partial charge in [0, 0.05) is 29.2 Å². The zero-order chi connectivity index (χ0) is 15.6. The Hall–Kier alpha value is -1.23. The molecule has 0 bridgehead atoms. The number of hydrogen-bond acceptors (Lipinski definition) is 2. The van der Waals surface area contributed by atoms with Crippen LogP contribution in [0.3, 0.4) is 0 Å². The van der Waals surface area contributed by atoms with Gasteiger partial charge in [-0.2, -0.15) is 0 Å². The summed E-state index contributed by atoms with van der Waals surface area (Å²) in [6.45, 7) is 0. The molecule has 0 aliphatic rings. The molecule has 6 heteroatoms. The highest BCUT2D eigenvalue weighted by Crippen LogP contribution is 2.29. The average molecular weight is 388 g/mol. The van der Waals surface area contributed by atoms with Gasteiger partial charge in [-0.25, -0.2) is 0 Å². The molecule has 0 aromatic heterocycles. The van der Waals surface area contributed by atoms with Gasteiger partial charge in [-0.1, -0.05) is 23.2 Å². The van der Waals surface area contributed by atoms with Gasteiger partial charge in [0.1, 0.15) is 0 Å². The number of hydrogen-bond donors (Lipinski definition) is 1. The van der Waals surface area contributed by atoms with Crippen molar-refractivity contribution >= 4 is 56.4 Å². The van der Waals surface area contributed by atoms with E-state index in [4.69, 9.17) is 23.2 Å². The topological polar surface area (TPSA) is 32.3 Å². The molecule has 0 aliphatic heterocycles. The molecule has 2 aromatic carbocycles. The first-order valence-corrected chi connectivity index (χ1v) is 7.66. The number of halogens is 3. The Morgan fingerprint density at radius 2 is 1.86 bits per heavy atom. The minimum Gasteiger partial charge on any atom is -0.376 e. The first-order chi connectivity index (χ1) is 9.88. The maximum absolute atomic E-state index is 12.3. The van der Waals surface area contributed by atoms with Crippen LogP contribution in [0.5, 0.6) is 0 Å². The minimum absolute atomic E-state index is 0.224. The lowest BCUT2D eigenvalue weighted by atomic mass is 10.2. The number of benzene rings is 2. The third-order valence-electron chi connectivity index (χ3n) is 2.87. The molecule has 2 rings (SSSR count). The van der Waals surface area contributed by atoms with E-state index in [1.54, 1.807) is 30.3 Å². The lowest BCUT2D eigenvalue weighted by molar-refractivity contribution is 0.102. The highest BCUT2D eigenvalue weighted by Gasteiger charge is 2.12. The van der Waals surface area contributed by atoms with E-state index in [2.05, 4.69) is 21.2 Å². The Labute approximate surface area is 142 Å². The van der Waals surface area contributed by atoms with Crippen LogP contribution in [0, 0.1) is 0 Å². The van der Waals surface area contributed by atoms with Gasteiger partial charge in [-0.05, 0) is 52.3 Å². The van der Waals surface area contributed by atoms with E-state index in [9.17, 15) is 4.79 Å². The van der Waals surface area contributed by atoms with Crippen LogP contribution in [0.1, 0.15) is 10.4 Å². The van der Waals surface area contributed by atoms with Crippen molar-refractivity contribution < 1.29 is 4.79 Å². The van der Waals surface area contributed by atoms with E-state index in [1.165, 1.54) is 0 Å². The summed E-state index contributed by atoms with van der Waals surface area (Å²) in [5.41, 5.74) is 2.04. The fourth-order valence-electron chi connectivity index (χ4n) is 1.83. The number of anilines is 2. The molecule has 2 aromatic rings. The summed E-state index contributed by atoms with van der Waals surface area (Å²) in [6, 6.07) is 10.4. The molecular weight excluding hydrogens is 375 g/mol. The zero-order valence-corrected chi connectivity index (χ0v) is 14.6. The zero-order valence-electron chi connectivity index (χ0n) is 11.5. The summed E-state index contributed by atoms with van der Waals surface area (Å²) in [4.78, 5) is 14.2. The van der Waals surface area contributed by atoms with Crippen LogP contribution in [0.15, 0.2) is 40.9 Å². The number of rotatable bonds is 3. The van der Waals surface area contributed by atoms with Crippen LogP contribution in [0.2, 0.25) is 10.0 Å². The number of nitrogens with one attached hydrogen (secondary N) is 1. The Morgan fingerprint density at radius 1 is 1.14 bits per heavy atom. The third-order valence-corrected chi connectivity index (χ3v) is 4.32. The molecule has 0 fully saturated rings. The van der Waals surface area contributed by atoms with E-state index >= 15 is 0 Å². The first-order valence-electron chi connectivity index (χ1n) is 6.12. The Morgan fingerprint density at radius 3 is 2.48 bits per heavy atom. The lowest BCUT2D eigenvalue weighted by Gasteiger charge is -2.18. The van der Waals surface area contributed by atoms with E-state index in [1.807, 2.05) is 25.1 Å². The van der Waals surface area contributed by atoms with Crippen LogP contribution in [-0.4, -0.2) is 20.0 Å². The van der Waals surface area contributed by atoms with Crippen molar-refractivity contribution in [2.45, 2.75) is 0 Å². The molecule has 0 spiro atoms. The molecule has 0 unspecified atom stereocenters. The van der Waals surface area contributed by atoms with Gasteiger partial charge >= 0.3 is 0 Å². The van der Waals surface area contributed by atoms with E-state index in [0.29, 0.717) is 25.8 Å². The van der Waals surface area contributed by atoms with Gasteiger partial charge < -0.3 is 10.2 Å². The van der Waals surface area contributed by atoms with Gasteiger partial charge in [0.05, 0.1) is 16.4 Å². The molecule has 110 valence electrons. The molecule has 21 heavy (non-hydrogen) atoms. The smallest absolute Gasteiger partial charge is 0.255 e. The average Bonchev–Trinajstić information content (AvgIpc) is 2.41. The number of nitrogens with zero attached hydrogens (tertiary/aromatic N) is 1. The van der Waals surface area contributed by atoms with Crippen molar-refractivity contribution in [3.8, 4) is 0 Å². The first kappa shape index (κ1) is 16.1. The SMILES string of the molecule is CN(C)c1ccc(Cl)cc1NC(=O)c1ccc(Cl)c(Br)c1. The van der Waals surface area contributed by atoms with Crippen LogP contribution in [-0.2, 0) is 0 Å². The largest absolute Gasteiger partial charge is 0.376 e. The molecule has 1 N–H and O–H groups in total. The Bertz CT molecular complexity index is 689. The van der Waals surface area contributed by atoms with Crippen molar-refractivity contribution in [3.63, 3.8) is 0 Å². The molecule has 0 heterocycles. The molecule has 0 saturated carbocycles. The molecule has 0 aliphatic carbocycles.